The number of fused-ring (bicyclic) bond motifs is 4. The average Bonchev–Trinajstić information content (AvgIpc) is 3.64. The fraction of sp³-hybridized carbons (Fsp3) is 0.0370. The van der Waals surface area contributed by atoms with Crippen molar-refractivity contribution in [2.45, 2.75) is 6.42 Å². The first-order chi connectivity index (χ1) is 15.9. The van der Waals surface area contributed by atoms with Crippen molar-refractivity contribution in [3.63, 3.8) is 0 Å². The van der Waals surface area contributed by atoms with E-state index >= 15 is 0 Å². The largest absolute Gasteiger partial charge is 0.144 e. The topological polar surface area (TPSA) is 25.8 Å². The molecule has 3 aromatic carbocycles. The van der Waals surface area contributed by atoms with E-state index in [1.807, 2.05) is 0 Å². The lowest BCUT2D eigenvalue weighted by Gasteiger charge is -2.06. The van der Waals surface area contributed by atoms with E-state index in [2.05, 4.69) is 105 Å². The molecule has 0 N–H and O–H groups in total. The highest BCUT2D eigenvalue weighted by atomic mass is 32.1. The molecule has 6 aromatic rings. The third-order valence-corrected chi connectivity index (χ3v) is 8.16. The molecule has 2 nitrogen and oxygen atoms in total. The standard InChI is InChI=1S/C14H8N2S3.C13H10/c1-3-10(17-7-1)9-5-6-12-14(15-16-19-12)13(9)11-4-2-8-18-11;1-3-7-12-10(5-1)9-11-6-2-4-8-13(11)12/h1-8H;1-8H,9H2. The van der Waals surface area contributed by atoms with Crippen LogP contribution in [0.25, 0.3) is 42.2 Å². The van der Waals surface area contributed by atoms with Gasteiger partial charge >= 0.3 is 0 Å². The van der Waals surface area contributed by atoms with Gasteiger partial charge in [0.1, 0.15) is 5.52 Å². The third-order valence-electron chi connectivity index (χ3n) is 5.68. The number of aromatic nitrogens is 2. The molecule has 3 heterocycles. The molecule has 0 atom stereocenters. The lowest BCUT2D eigenvalue weighted by Crippen LogP contribution is -1.83. The minimum atomic E-state index is 1.01. The summed E-state index contributed by atoms with van der Waals surface area (Å²) in [6.07, 6.45) is 1.10. The van der Waals surface area contributed by atoms with Gasteiger partial charge in [-0.15, -0.1) is 27.8 Å². The van der Waals surface area contributed by atoms with Gasteiger partial charge in [-0.05, 0) is 69.2 Å². The fourth-order valence-electron chi connectivity index (χ4n) is 4.24. The molecule has 0 radical (unpaired) electrons. The molecule has 154 valence electrons. The second kappa shape index (κ2) is 8.43. The van der Waals surface area contributed by atoms with Crippen molar-refractivity contribution in [3.05, 3.63) is 107 Å². The van der Waals surface area contributed by atoms with Crippen LogP contribution >= 0.6 is 34.2 Å². The quantitative estimate of drug-likeness (QED) is 0.256. The predicted molar refractivity (Wildman–Crippen MR) is 139 cm³/mol. The first-order valence-electron chi connectivity index (χ1n) is 10.4. The second-order valence-electron chi connectivity index (χ2n) is 7.55. The van der Waals surface area contributed by atoms with Gasteiger partial charge < -0.3 is 0 Å². The third kappa shape index (κ3) is 3.48. The number of hydrogen-bond acceptors (Lipinski definition) is 5. The predicted octanol–water partition coefficient (Wildman–Crippen LogP) is 8.41. The smallest absolute Gasteiger partial charge is 0.115 e. The molecule has 5 heteroatoms. The Morgan fingerprint density at radius 2 is 1.25 bits per heavy atom. The maximum atomic E-state index is 4.32. The van der Waals surface area contributed by atoms with Crippen molar-refractivity contribution in [3.8, 4) is 32.0 Å². The molecular weight excluding hydrogens is 449 g/mol. The number of hydrogen-bond donors (Lipinski definition) is 0. The Kier molecular flexibility index (Phi) is 5.15. The van der Waals surface area contributed by atoms with Crippen LogP contribution in [0.4, 0.5) is 0 Å². The van der Waals surface area contributed by atoms with E-state index in [0.717, 1.165) is 16.6 Å². The van der Waals surface area contributed by atoms with Gasteiger partial charge in [0, 0.05) is 20.9 Å². The molecule has 0 fully saturated rings. The molecule has 3 aromatic heterocycles. The van der Waals surface area contributed by atoms with Gasteiger partial charge in [0.25, 0.3) is 0 Å². The summed E-state index contributed by atoms with van der Waals surface area (Å²) in [4.78, 5) is 2.53. The number of thiophene rings is 2. The Hall–Kier alpha value is -3.12. The maximum Gasteiger partial charge on any atom is 0.115 e. The van der Waals surface area contributed by atoms with Crippen LogP contribution in [0.3, 0.4) is 0 Å². The summed E-state index contributed by atoms with van der Waals surface area (Å²) in [5.41, 5.74) is 9.23. The van der Waals surface area contributed by atoms with Gasteiger partial charge in [-0.1, -0.05) is 71.2 Å². The van der Waals surface area contributed by atoms with Crippen molar-refractivity contribution in [2.24, 2.45) is 0 Å². The Balaban J connectivity index is 0.000000131. The summed E-state index contributed by atoms with van der Waals surface area (Å²) in [5.74, 6) is 0. The molecule has 1 aliphatic carbocycles. The van der Waals surface area contributed by atoms with Gasteiger partial charge in [0.15, 0.2) is 0 Å². The van der Waals surface area contributed by atoms with Crippen molar-refractivity contribution < 1.29 is 0 Å². The van der Waals surface area contributed by atoms with E-state index in [-0.39, 0.29) is 0 Å². The zero-order valence-corrected chi connectivity index (χ0v) is 19.5. The normalized spacial score (nSPS) is 11.6. The highest BCUT2D eigenvalue weighted by Crippen LogP contribution is 2.41. The van der Waals surface area contributed by atoms with E-state index < -0.39 is 0 Å². The van der Waals surface area contributed by atoms with E-state index in [9.17, 15) is 0 Å². The van der Waals surface area contributed by atoms with Gasteiger partial charge in [-0.2, -0.15) is 0 Å². The molecule has 1 aliphatic rings. The first kappa shape index (κ1) is 19.6. The van der Waals surface area contributed by atoms with Crippen molar-refractivity contribution in [1.29, 1.82) is 0 Å². The summed E-state index contributed by atoms with van der Waals surface area (Å²) < 4.78 is 5.24. The summed E-state index contributed by atoms with van der Waals surface area (Å²) in [6, 6.07) is 30.1. The summed E-state index contributed by atoms with van der Waals surface area (Å²) in [5, 5.41) is 8.54. The van der Waals surface area contributed by atoms with E-state index in [1.54, 1.807) is 22.7 Å². The summed E-state index contributed by atoms with van der Waals surface area (Å²) in [6.45, 7) is 0. The lowest BCUT2D eigenvalue weighted by molar-refractivity contribution is 1.20. The van der Waals surface area contributed by atoms with Crippen LogP contribution in [0.2, 0.25) is 0 Å². The zero-order chi connectivity index (χ0) is 21.3. The number of benzene rings is 3. The molecule has 0 saturated heterocycles. The fourth-order valence-corrected chi connectivity index (χ4v) is 6.35. The highest BCUT2D eigenvalue weighted by molar-refractivity contribution is 7.15. The molecule has 0 unspecified atom stereocenters. The minimum Gasteiger partial charge on any atom is -0.144 e. The molecule has 0 aliphatic heterocycles. The maximum absolute atomic E-state index is 4.32. The Labute approximate surface area is 198 Å². The van der Waals surface area contributed by atoms with Gasteiger partial charge in [-0.3, -0.25) is 0 Å². The van der Waals surface area contributed by atoms with Crippen molar-refractivity contribution in [2.75, 3.05) is 0 Å². The Morgan fingerprint density at radius 1 is 0.594 bits per heavy atom. The van der Waals surface area contributed by atoms with Gasteiger partial charge in [0.2, 0.25) is 0 Å². The van der Waals surface area contributed by atoms with Crippen LogP contribution in [-0.4, -0.2) is 9.59 Å². The SMILES string of the molecule is c1ccc2c(c1)Cc1ccccc1-2.c1csc(-c2ccc3snnc3c2-c2cccs2)c1. The molecule has 32 heavy (non-hydrogen) atoms. The molecule has 0 spiro atoms. The molecule has 7 rings (SSSR count). The summed E-state index contributed by atoms with van der Waals surface area (Å²) in [7, 11) is 0. The van der Waals surface area contributed by atoms with Crippen LogP contribution in [0.15, 0.2) is 95.7 Å². The van der Waals surface area contributed by atoms with Crippen LogP contribution in [0.5, 0.6) is 0 Å². The molecular formula is C27H18N2S3. The number of rotatable bonds is 2. The van der Waals surface area contributed by atoms with Gasteiger partial charge in [-0.25, -0.2) is 0 Å². The zero-order valence-electron chi connectivity index (χ0n) is 17.1. The Morgan fingerprint density at radius 3 is 1.91 bits per heavy atom. The monoisotopic (exact) mass is 466 g/mol. The van der Waals surface area contributed by atoms with Crippen LogP contribution in [-0.2, 0) is 6.42 Å². The van der Waals surface area contributed by atoms with Crippen LogP contribution in [0, 0.1) is 0 Å². The summed E-state index contributed by atoms with van der Waals surface area (Å²) >= 11 is 4.96. The van der Waals surface area contributed by atoms with Crippen molar-refractivity contribution >= 4 is 44.4 Å². The lowest BCUT2D eigenvalue weighted by atomic mass is 10.0. The van der Waals surface area contributed by atoms with Crippen LogP contribution < -0.4 is 0 Å². The van der Waals surface area contributed by atoms with E-state index in [4.69, 9.17) is 0 Å². The van der Waals surface area contributed by atoms with Gasteiger partial charge in [0.05, 0.1) is 4.70 Å². The molecule has 0 amide bonds. The molecule has 0 bridgehead atoms. The first-order valence-corrected chi connectivity index (χ1v) is 12.9. The highest BCUT2D eigenvalue weighted by Gasteiger charge is 2.16. The van der Waals surface area contributed by atoms with E-state index in [0.29, 0.717) is 0 Å². The Bertz CT molecular complexity index is 1450. The second-order valence-corrected chi connectivity index (χ2v) is 10.2. The molecule has 0 saturated carbocycles. The van der Waals surface area contributed by atoms with Crippen molar-refractivity contribution in [1.82, 2.24) is 9.59 Å². The van der Waals surface area contributed by atoms with E-state index in [1.165, 1.54) is 54.7 Å². The average molecular weight is 467 g/mol. The van der Waals surface area contributed by atoms with Crippen LogP contribution in [0.1, 0.15) is 11.1 Å². The number of nitrogens with zero attached hydrogens (tertiary/aromatic N) is 2. The minimum absolute atomic E-state index is 1.01.